The number of aliphatic hydroxyl groups excluding tert-OH is 1. The average molecular weight is 199 g/mol. The fourth-order valence-corrected chi connectivity index (χ4v) is 2.20. The van der Waals surface area contributed by atoms with Crippen molar-refractivity contribution in [3.05, 3.63) is 0 Å². The number of piperazine rings is 1. The van der Waals surface area contributed by atoms with E-state index in [2.05, 4.69) is 15.1 Å². The Kier molecular flexibility index (Phi) is 3.75. The normalized spacial score (nSPS) is 28.1. The van der Waals surface area contributed by atoms with Gasteiger partial charge in [-0.2, -0.15) is 0 Å². The van der Waals surface area contributed by atoms with E-state index in [1.807, 2.05) is 0 Å². The van der Waals surface area contributed by atoms with Gasteiger partial charge in [0.25, 0.3) is 0 Å². The lowest BCUT2D eigenvalue weighted by Gasteiger charge is -2.36. The molecule has 2 fully saturated rings. The van der Waals surface area contributed by atoms with Gasteiger partial charge in [0.2, 0.25) is 0 Å². The number of rotatable bonds is 2. The van der Waals surface area contributed by atoms with E-state index in [4.69, 9.17) is 0 Å². The van der Waals surface area contributed by atoms with Crippen molar-refractivity contribution < 1.29 is 5.11 Å². The van der Waals surface area contributed by atoms with Crippen LogP contribution in [0.25, 0.3) is 0 Å². The Bertz CT molecular complexity index is 163. The van der Waals surface area contributed by atoms with Crippen LogP contribution < -0.4 is 5.32 Å². The molecule has 4 heteroatoms. The van der Waals surface area contributed by atoms with E-state index < -0.39 is 0 Å². The molecule has 0 aromatic carbocycles. The quantitative estimate of drug-likeness (QED) is 0.617. The zero-order valence-corrected chi connectivity index (χ0v) is 8.78. The number of hydrogen-bond donors (Lipinski definition) is 2. The lowest BCUT2D eigenvalue weighted by molar-refractivity contribution is 0.0455. The van der Waals surface area contributed by atoms with E-state index in [0.717, 1.165) is 45.7 Å². The van der Waals surface area contributed by atoms with Crippen LogP contribution in [-0.4, -0.2) is 66.9 Å². The summed E-state index contributed by atoms with van der Waals surface area (Å²) in [5.74, 6) is 0. The smallest absolute Gasteiger partial charge is 0.0564 e. The molecule has 0 aromatic heterocycles. The molecule has 2 aliphatic heterocycles. The van der Waals surface area contributed by atoms with Gasteiger partial charge in [-0.15, -0.1) is 0 Å². The summed E-state index contributed by atoms with van der Waals surface area (Å²) in [6.07, 6.45) is 1.85. The van der Waals surface area contributed by atoms with E-state index in [-0.39, 0.29) is 6.10 Å². The average Bonchev–Trinajstić information content (AvgIpc) is 2.23. The van der Waals surface area contributed by atoms with Crippen molar-refractivity contribution in [2.75, 3.05) is 45.9 Å². The Morgan fingerprint density at radius 1 is 1.00 bits per heavy atom. The van der Waals surface area contributed by atoms with Crippen LogP contribution in [0.1, 0.15) is 12.8 Å². The molecule has 4 nitrogen and oxygen atoms in total. The highest BCUT2D eigenvalue weighted by Crippen LogP contribution is 2.10. The predicted molar refractivity (Wildman–Crippen MR) is 56.1 cm³/mol. The third kappa shape index (κ3) is 2.92. The maximum Gasteiger partial charge on any atom is 0.0564 e. The number of likely N-dealkylation sites (tertiary alicyclic amines) is 1. The summed E-state index contributed by atoms with van der Waals surface area (Å²) in [6, 6.07) is 0. The van der Waals surface area contributed by atoms with Gasteiger partial charge in [-0.3, -0.25) is 9.80 Å². The Morgan fingerprint density at radius 2 is 1.57 bits per heavy atom. The van der Waals surface area contributed by atoms with E-state index >= 15 is 0 Å². The topological polar surface area (TPSA) is 38.7 Å². The molecule has 0 aromatic rings. The van der Waals surface area contributed by atoms with Crippen LogP contribution in [0.2, 0.25) is 0 Å². The van der Waals surface area contributed by atoms with E-state index in [0.29, 0.717) is 0 Å². The van der Waals surface area contributed by atoms with Crippen molar-refractivity contribution in [2.24, 2.45) is 0 Å². The lowest BCUT2D eigenvalue weighted by Crippen LogP contribution is -2.50. The van der Waals surface area contributed by atoms with Crippen LogP contribution in [0.4, 0.5) is 0 Å². The zero-order chi connectivity index (χ0) is 9.80. The first-order chi connectivity index (χ1) is 6.84. The van der Waals surface area contributed by atoms with Crippen molar-refractivity contribution in [3.8, 4) is 0 Å². The third-order valence-electron chi connectivity index (χ3n) is 3.17. The van der Waals surface area contributed by atoms with Crippen LogP contribution in [0.5, 0.6) is 0 Å². The molecule has 2 aliphatic rings. The maximum absolute atomic E-state index is 9.38. The number of nitrogens with one attached hydrogen (secondary N) is 1. The molecule has 0 atom stereocenters. The predicted octanol–water partition coefficient (Wildman–Crippen LogP) is -0.694. The zero-order valence-electron chi connectivity index (χ0n) is 8.78. The first-order valence-electron chi connectivity index (χ1n) is 5.68. The van der Waals surface area contributed by atoms with Crippen LogP contribution in [0, 0.1) is 0 Å². The fourth-order valence-electron chi connectivity index (χ4n) is 2.20. The molecule has 0 saturated carbocycles. The number of piperidine rings is 1. The molecular weight excluding hydrogens is 178 g/mol. The molecule has 2 saturated heterocycles. The van der Waals surface area contributed by atoms with Gasteiger partial charge in [0.15, 0.2) is 0 Å². The second-order valence-electron chi connectivity index (χ2n) is 4.36. The van der Waals surface area contributed by atoms with Gasteiger partial charge in [-0.1, -0.05) is 0 Å². The van der Waals surface area contributed by atoms with Crippen LogP contribution in [-0.2, 0) is 0 Å². The van der Waals surface area contributed by atoms with E-state index in [1.165, 1.54) is 13.1 Å². The summed E-state index contributed by atoms with van der Waals surface area (Å²) >= 11 is 0. The molecule has 0 amide bonds. The van der Waals surface area contributed by atoms with Crippen LogP contribution in [0.3, 0.4) is 0 Å². The molecule has 2 rings (SSSR count). The highest BCUT2D eigenvalue weighted by Gasteiger charge is 2.19. The van der Waals surface area contributed by atoms with Gasteiger partial charge >= 0.3 is 0 Å². The van der Waals surface area contributed by atoms with Gasteiger partial charge in [0.1, 0.15) is 0 Å². The number of nitrogens with zero attached hydrogens (tertiary/aromatic N) is 2. The first kappa shape index (κ1) is 10.4. The molecule has 0 bridgehead atoms. The largest absolute Gasteiger partial charge is 0.393 e. The van der Waals surface area contributed by atoms with Gasteiger partial charge in [-0.25, -0.2) is 0 Å². The maximum atomic E-state index is 9.38. The molecule has 2 heterocycles. The van der Waals surface area contributed by atoms with Crippen molar-refractivity contribution >= 4 is 0 Å². The van der Waals surface area contributed by atoms with Gasteiger partial charge in [-0.05, 0) is 12.8 Å². The number of aliphatic hydroxyl groups is 1. The highest BCUT2D eigenvalue weighted by atomic mass is 16.3. The van der Waals surface area contributed by atoms with Crippen molar-refractivity contribution in [2.45, 2.75) is 18.9 Å². The molecule has 14 heavy (non-hydrogen) atoms. The minimum Gasteiger partial charge on any atom is -0.393 e. The Morgan fingerprint density at radius 3 is 2.21 bits per heavy atom. The van der Waals surface area contributed by atoms with Crippen LogP contribution in [0.15, 0.2) is 0 Å². The second kappa shape index (κ2) is 5.07. The van der Waals surface area contributed by atoms with Gasteiger partial charge in [0.05, 0.1) is 12.8 Å². The molecule has 0 spiro atoms. The molecule has 0 radical (unpaired) electrons. The summed E-state index contributed by atoms with van der Waals surface area (Å²) in [4.78, 5) is 4.95. The lowest BCUT2D eigenvalue weighted by atomic mass is 10.1. The molecule has 82 valence electrons. The van der Waals surface area contributed by atoms with E-state index in [9.17, 15) is 5.11 Å². The second-order valence-corrected chi connectivity index (χ2v) is 4.36. The highest BCUT2D eigenvalue weighted by molar-refractivity contribution is 4.73. The summed E-state index contributed by atoms with van der Waals surface area (Å²) in [7, 11) is 0. The Hall–Kier alpha value is -0.160. The van der Waals surface area contributed by atoms with Gasteiger partial charge < -0.3 is 10.4 Å². The standard InChI is InChI=1S/C10H21N3O/c14-10-1-5-12(6-2-10)9-13-7-3-11-4-8-13/h10-11,14H,1-9H2. The first-order valence-corrected chi connectivity index (χ1v) is 5.68. The Labute approximate surface area is 85.9 Å². The summed E-state index contributed by atoms with van der Waals surface area (Å²) in [6.45, 7) is 7.79. The summed E-state index contributed by atoms with van der Waals surface area (Å²) in [5, 5.41) is 12.7. The fraction of sp³-hybridized carbons (Fsp3) is 1.00. The van der Waals surface area contributed by atoms with Crippen molar-refractivity contribution in [3.63, 3.8) is 0 Å². The molecule has 0 unspecified atom stereocenters. The minimum absolute atomic E-state index is 0.0470. The minimum atomic E-state index is -0.0470. The SMILES string of the molecule is OC1CCN(CN2CCNCC2)CC1. The monoisotopic (exact) mass is 199 g/mol. The Balaban J connectivity index is 1.68. The summed E-state index contributed by atoms with van der Waals surface area (Å²) in [5.41, 5.74) is 0. The van der Waals surface area contributed by atoms with Crippen molar-refractivity contribution in [1.29, 1.82) is 0 Å². The number of hydrogen-bond acceptors (Lipinski definition) is 4. The van der Waals surface area contributed by atoms with Gasteiger partial charge in [0, 0.05) is 39.3 Å². The molecule has 2 N–H and O–H groups in total. The van der Waals surface area contributed by atoms with E-state index in [1.54, 1.807) is 0 Å². The summed E-state index contributed by atoms with van der Waals surface area (Å²) < 4.78 is 0. The third-order valence-corrected chi connectivity index (χ3v) is 3.17. The molecular formula is C10H21N3O. The van der Waals surface area contributed by atoms with Crippen LogP contribution >= 0.6 is 0 Å². The molecule has 0 aliphatic carbocycles. The van der Waals surface area contributed by atoms with Crippen molar-refractivity contribution in [1.82, 2.24) is 15.1 Å².